The Morgan fingerprint density at radius 3 is 2.21 bits per heavy atom. The summed E-state index contributed by atoms with van der Waals surface area (Å²) in [5.74, 6) is -0.232. The average molecular weight is 269 g/mol. The minimum absolute atomic E-state index is 0.167. The molecule has 0 saturated carbocycles. The van der Waals surface area contributed by atoms with Crippen LogP contribution < -0.4 is 5.32 Å². The van der Waals surface area contributed by atoms with Gasteiger partial charge in [-0.05, 0) is 50.6 Å². The maximum atomic E-state index is 13.6. The maximum Gasteiger partial charge on any atom is 0.176 e. The van der Waals surface area contributed by atoms with Gasteiger partial charge in [0.25, 0.3) is 0 Å². The first kappa shape index (κ1) is 16.1. The van der Waals surface area contributed by atoms with Gasteiger partial charge in [-0.2, -0.15) is 0 Å². The minimum Gasteiger partial charge on any atom is -0.351 e. The topological polar surface area (TPSA) is 30.5 Å². The van der Waals surface area contributed by atoms with Crippen LogP contribution in [-0.4, -0.2) is 26.0 Å². The van der Waals surface area contributed by atoms with E-state index in [1.807, 2.05) is 33.8 Å². The van der Waals surface area contributed by atoms with Crippen LogP contribution in [0.15, 0.2) is 18.2 Å². The monoisotopic (exact) mass is 269 g/mol. The molecule has 4 heteroatoms. The van der Waals surface area contributed by atoms with Gasteiger partial charge in [-0.3, -0.25) is 0 Å². The van der Waals surface area contributed by atoms with Crippen LogP contribution in [0.3, 0.4) is 0 Å². The summed E-state index contributed by atoms with van der Waals surface area (Å²) in [6.45, 7) is 9.61. The number of aryl methyl sites for hydroxylation is 1. The van der Waals surface area contributed by atoms with Crippen LogP contribution in [-0.2, 0) is 9.47 Å². The van der Waals surface area contributed by atoms with Crippen molar-refractivity contribution < 1.29 is 13.9 Å². The lowest BCUT2D eigenvalue weighted by Crippen LogP contribution is -2.36. The van der Waals surface area contributed by atoms with Gasteiger partial charge in [0.1, 0.15) is 5.82 Å². The van der Waals surface area contributed by atoms with E-state index in [1.54, 1.807) is 0 Å². The van der Waals surface area contributed by atoms with Gasteiger partial charge in [-0.1, -0.05) is 13.0 Å². The molecule has 0 amide bonds. The maximum absolute atomic E-state index is 13.6. The second kappa shape index (κ2) is 8.25. The molecule has 0 spiro atoms. The summed E-state index contributed by atoms with van der Waals surface area (Å²) in [6.07, 6.45) is -0.406. The van der Waals surface area contributed by atoms with Gasteiger partial charge in [0.15, 0.2) is 6.29 Å². The first-order valence-corrected chi connectivity index (χ1v) is 6.86. The van der Waals surface area contributed by atoms with Crippen molar-refractivity contribution in [1.29, 1.82) is 0 Å². The highest BCUT2D eigenvalue weighted by molar-refractivity contribution is 5.26. The zero-order valence-corrected chi connectivity index (χ0v) is 12.2. The molecule has 1 aromatic carbocycles. The molecule has 0 radical (unpaired) electrons. The number of ether oxygens (including phenoxy) is 2. The van der Waals surface area contributed by atoms with Gasteiger partial charge in [0, 0.05) is 13.2 Å². The molecule has 0 aliphatic heterocycles. The largest absolute Gasteiger partial charge is 0.351 e. The summed E-state index contributed by atoms with van der Waals surface area (Å²) in [5, 5.41) is 3.31. The molecule has 1 atom stereocenters. The molecular formula is C15H24FNO2. The molecule has 1 unspecified atom stereocenters. The fourth-order valence-electron chi connectivity index (χ4n) is 2.10. The standard InChI is InChI=1S/C15H24FNO2/c1-5-17-14(15(18-6-2)19-7-3)12-8-11(4)9-13(16)10-12/h8-10,14-15,17H,5-7H2,1-4H3. The smallest absolute Gasteiger partial charge is 0.176 e. The zero-order valence-electron chi connectivity index (χ0n) is 12.2. The van der Waals surface area contributed by atoms with E-state index in [1.165, 1.54) is 12.1 Å². The SMILES string of the molecule is CCNC(c1cc(C)cc(F)c1)C(OCC)OCC. The molecule has 1 aromatic rings. The molecule has 1 N–H and O–H groups in total. The van der Waals surface area contributed by atoms with Crippen molar-refractivity contribution >= 4 is 0 Å². The van der Waals surface area contributed by atoms with E-state index < -0.39 is 6.29 Å². The van der Waals surface area contributed by atoms with Crippen molar-refractivity contribution in [3.05, 3.63) is 35.1 Å². The number of hydrogen-bond donors (Lipinski definition) is 1. The first-order chi connectivity index (χ1) is 9.12. The van der Waals surface area contributed by atoms with Crippen molar-refractivity contribution in [2.24, 2.45) is 0 Å². The van der Waals surface area contributed by atoms with Crippen LogP contribution in [0, 0.1) is 12.7 Å². The molecule has 0 saturated heterocycles. The van der Waals surface area contributed by atoms with Gasteiger partial charge < -0.3 is 14.8 Å². The number of benzene rings is 1. The van der Waals surface area contributed by atoms with E-state index in [-0.39, 0.29) is 11.9 Å². The van der Waals surface area contributed by atoms with Crippen molar-refractivity contribution in [2.45, 2.75) is 40.0 Å². The molecule has 0 aromatic heterocycles. The molecule has 19 heavy (non-hydrogen) atoms. The van der Waals surface area contributed by atoms with Gasteiger partial charge in [0.2, 0.25) is 0 Å². The molecule has 0 fully saturated rings. The number of halogens is 1. The Kier molecular flexibility index (Phi) is 6.99. The third-order valence-corrected chi connectivity index (χ3v) is 2.78. The predicted molar refractivity (Wildman–Crippen MR) is 74.6 cm³/mol. The molecule has 3 nitrogen and oxygen atoms in total. The summed E-state index contributed by atoms with van der Waals surface area (Å²) in [7, 11) is 0. The minimum atomic E-state index is -0.406. The summed E-state index contributed by atoms with van der Waals surface area (Å²) in [6, 6.07) is 4.84. The fraction of sp³-hybridized carbons (Fsp3) is 0.600. The Morgan fingerprint density at radius 2 is 1.74 bits per heavy atom. The lowest BCUT2D eigenvalue weighted by molar-refractivity contribution is -0.155. The summed E-state index contributed by atoms with van der Waals surface area (Å²) >= 11 is 0. The second-order valence-corrected chi connectivity index (χ2v) is 4.38. The Morgan fingerprint density at radius 1 is 1.11 bits per heavy atom. The highest BCUT2D eigenvalue weighted by atomic mass is 19.1. The highest BCUT2D eigenvalue weighted by Gasteiger charge is 2.24. The zero-order chi connectivity index (χ0) is 14.3. The normalized spacial score (nSPS) is 12.9. The van der Waals surface area contributed by atoms with Crippen LogP contribution in [0.5, 0.6) is 0 Å². The quantitative estimate of drug-likeness (QED) is 0.735. The average Bonchev–Trinajstić information content (AvgIpc) is 2.34. The van der Waals surface area contributed by atoms with Gasteiger partial charge in [-0.15, -0.1) is 0 Å². The van der Waals surface area contributed by atoms with Crippen molar-refractivity contribution in [3.63, 3.8) is 0 Å². The van der Waals surface area contributed by atoms with E-state index >= 15 is 0 Å². The van der Waals surface area contributed by atoms with E-state index in [2.05, 4.69) is 5.32 Å². The van der Waals surface area contributed by atoms with Crippen LogP contribution in [0.25, 0.3) is 0 Å². The summed E-state index contributed by atoms with van der Waals surface area (Å²) in [4.78, 5) is 0. The molecule has 1 rings (SSSR count). The van der Waals surface area contributed by atoms with Crippen LogP contribution in [0.1, 0.15) is 37.9 Å². The Balaban J connectivity index is 3.01. The summed E-state index contributed by atoms with van der Waals surface area (Å²) in [5.41, 5.74) is 1.75. The lowest BCUT2D eigenvalue weighted by atomic mass is 10.0. The predicted octanol–water partition coefficient (Wildman–Crippen LogP) is 3.18. The fourth-order valence-corrected chi connectivity index (χ4v) is 2.10. The first-order valence-electron chi connectivity index (χ1n) is 6.86. The van der Waals surface area contributed by atoms with E-state index in [4.69, 9.17) is 9.47 Å². The Hall–Kier alpha value is -0.970. The van der Waals surface area contributed by atoms with Gasteiger partial charge in [0.05, 0.1) is 6.04 Å². The molecule has 0 aliphatic carbocycles. The van der Waals surface area contributed by atoms with E-state index in [0.29, 0.717) is 13.2 Å². The number of rotatable bonds is 8. The third-order valence-electron chi connectivity index (χ3n) is 2.78. The van der Waals surface area contributed by atoms with Crippen molar-refractivity contribution in [3.8, 4) is 0 Å². The van der Waals surface area contributed by atoms with Crippen LogP contribution in [0.2, 0.25) is 0 Å². The lowest BCUT2D eigenvalue weighted by Gasteiger charge is -2.28. The van der Waals surface area contributed by atoms with E-state index in [0.717, 1.165) is 17.7 Å². The number of likely N-dealkylation sites (N-methyl/N-ethyl adjacent to an activating group) is 1. The molecule has 0 bridgehead atoms. The Bertz CT molecular complexity index is 358. The summed E-state index contributed by atoms with van der Waals surface area (Å²) < 4.78 is 24.8. The second-order valence-electron chi connectivity index (χ2n) is 4.38. The van der Waals surface area contributed by atoms with E-state index in [9.17, 15) is 4.39 Å². The van der Waals surface area contributed by atoms with Crippen molar-refractivity contribution in [2.75, 3.05) is 19.8 Å². The number of hydrogen-bond acceptors (Lipinski definition) is 3. The number of nitrogens with one attached hydrogen (secondary N) is 1. The van der Waals surface area contributed by atoms with Gasteiger partial charge in [-0.25, -0.2) is 4.39 Å². The van der Waals surface area contributed by atoms with Crippen LogP contribution >= 0.6 is 0 Å². The molecule has 0 aliphatic rings. The van der Waals surface area contributed by atoms with Gasteiger partial charge >= 0.3 is 0 Å². The third kappa shape index (κ3) is 4.90. The van der Waals surface area contributed by atoms with Crippen LogP contribution in [0.4, 0.5) is 4.39 Å². The molecule has 0 heterocycles. The van der Waals surface area contributed by atoms with Crippen molar-refractivity contribution in [1.82, 2.24) is 5.32 Å². The Labute approximate surface area is 115 Å². The molecular weight excluding hydrogens is 245 g/mol. The highest BCUT2D eigenvalue weighted by Crippen LogP contribution is 2.22. The molecule has 108 valence electrons.